The van der Waals surface area contributed by atoms with E-state index in [2.05, 4.69) is 0 Å². The summed E-state index contributed by atoms with van der Waals surface area (Å²) >= 11 is 1.09. The number of aliphatic hydroxyl groups is 1. The Labute approximate surface area is 104 Å². The van der Waals surface area contributed by atoms with Crippen molar-refractivity contribution in [3.63, 3.8) is 0 Å². The monoisotopic (exact) mass is 251 g/mol. The predicted molar refractivity (Wildman–Crippen MR) is 66.4 cm³/mol. The van der Waals surface area contributed by atoms with Gasteiger partial charge in [-0.2, -0.15) is 0 Å². The highest BCUT2D eigenvalue weighted by atomic mass is 32.2. The molecule has 1 N–H and O–H groups in total. The van der Waals surface area contributed by atoms with Crippen LogP contribution in [-0.2, 0) is 9.73 Å². The number of hydrogen-bond acceptors (Lipinski definition) is 4. The van der Waals surface area contributed by atoms with Crippen molar-refractivity contribution in [2.24, 2.45) is 0 Å². The minimum absolute atomic E-state index is 0.352. The van der Waals surface area contributed by atoms with Crippen molar-refractivity contribution < 1.29 is 14.6 Å². The highest BCUT2D eigenvalue weighted by Gasteiger charge is 2.41. The first-order valence-corrected chi connectivity index (χ1v) is 5.94. The molecule has 2 rings (SSSR count). The molecule has 1 aliphatic heterocycles. The summed E-state index contributed by atoms with van der Waals surface area (Å²) in [6.45, 7) is 0. The zero-order chi connectivity index (χ0) is 12.5. The summed E-state index contributed by atoms with van der Waals surface area (Å²) in [6, 6.07) is 6.83. The van der Waals surface area contributed by atoms with E-state index in [4.69, 9.17) is 4.74 Å². The van der Waals surface area contributed by atoms with Gasteiger partial charge in [-0.1, -0.05) is 23.9 Å². The Morgan fingerprint density at radius 2 is 2.00 bits per heavy atom. The Balaban J connectivity index is 2.37. The van der Waals surface area contributed by atoms with E-state index < -0.39 is 4.93 Å². The van der Waals surface area contributed by atoms with Gasteiger partial charge >= 0.3 is 0 Å². The number of hydrogen-bond donors (Lipinski definition) is 1. The fourth-order valence-electron chi connectivity index (χ4n) is 1.59. The Morgan fingerprint density at radius 3 is 2.59 bits per heavy atom. The average molecular weight is 251 g/mol. The lowest BCUT2D eigenvalue weighted by molar-refractivity contribution is -0.139. The minimum Gasteiger partial charge on any atom is -0.497 e. The smallest absolute Gasteiger partial charge is 0.274 e. The maximum absolute atomic E-state index is 12.0. The molecule has 0 saturated heterocycles. The van der Waals surface area contributed by atoms with Crippen molar-refractivity contribution in [2.45, 2.75) is 4.93 Å². The van der Waals surface area contributed by atoms with E-state index in [1.807, 2.05) is 0 Å². The molecule has 1 heterocycles. The van der Waals surface area contributed by atoms with Crippen LogP contribution in [0.3, 0.4) is 0 Å². The van der Waals surface area contributed by atoms with Crippen LogP contribution in [0.4, 0.5) is 0 Å². The second kappa shape index (κ2) is 4.43. The van der Waals surface area contributed by atoms with Crippen LogP contribution in [0.2, 0.25) is 0 Å². The summed E-state index contributed by atoms with van der Waals surface area (Å²) in [5, 5.41) is 12.1. The number of carbonyl (C=O) groups is 1. The Kier molecular flexibility index (Phi) is 3.13. The highest BCUT2D eigenvalue weighted by molar-refractivity contribution is 8.03. The van der Waals surface area contributed by atoms with Crippen LogP contribution in [0.5, 0.6) is 5.75 Å². The lowest BCUT2D eigenvalue weighted by Crippen LogP contribution is -2.42. The van der Waals surface area contributed by atoms with Crippen LogP contribution in [0.15, 0.2) is 35.9 Å². The molecular weight excluding hydrogens is 238 g/mol. The van der Waals surface area contributed by atoms with Crippen LogP contribution in [0, 0.1) is 0 Å². The van der Waals surface area contributed by atoms with E-state index in [9.17, 15) is 9.90 Å². The Morgan fingerprint density at radius 1 is 1.35 bits per heavy atom. The first-order valence-electron chi connectivity index (χ1n) is 5.06. The van der Waals surface area contributed by atoms with Gasteiger partial charge in [-0.3, -0.25) is 4.79 Å². The van der Waals surface area contributed by atoms with Gasteiger partial charge in [0.15, 0.2) is 0 Å². The van der Waals surface area contributed by atoms with Crippen molar-refractivity contribution in [3.8, 4) is 5.75 Å². The molecule has 1 aromatic rings. The van der Waals surface area contributed by atoms with Crippen molar-refractivity contribution in [1.82, 2.24) is 4.90 Å². The van der Waals surface area contributed by atoms with Crippen molar-refractivity contribution in [2.75, 3.05) is 14.2 Å². The van der Waals surface area contributed by atoms with Gasteiger partial charge in [-0.15, -0.1) is 0 Å². The molecule has 4 nitrogen and oxygen atoms in total. The van der Waals surface area contributed by atoms with E-state index in [1.165, 1.54) is 4.90 Å². The minimum atomic E-state index is -1.55. The van der Waals surface area contributed by atoms with Crippen LogP contribution in [0.25, 0.3) is 0 Å². The number of amides is 1. The molecule has 0 fully saturated rings. The maximum atomic E-state index is 12.0. The van der Waals surface area contributed by atoms with Gasteiger partial charge in [-0.05, 0) is 17.5 Å². The fourth-order valence-corrected chi connectivity index (χ4v) is 2.54. The third-order valence-corrected chi connectivity index (χ3v) is 3.62. The summed E-state index contributed by atoms with van der Waals surface area (Å²) in [6.07, 6.45) is 1.63. The summed E-state index contributed by atoms with van der Waals surface area (Å²) in [5.74, 6) is 0.338. The summed E-state index contributed by atoms with van der Waals surface area (Å²) in [4.78, 5) is 11.8. The van der Waals surface area contributed by atoms with Gasteiger partial charge in [-0.25, -0.2) is 0 Å². The van der Waals surface area contributed by atoms with Crippen molar-refractivity contribution in [3.05, 3.63) is 41.4 Å². The fraction of sp³-hybridized carbons (Fsp3) is 0.250. The average Bonchev–Trinajstić information content (AvgIpc) is 2.36. The zero-order valence-corrected chi connectivity index (χ0v) is 10.4. The molecule has 5 heteroatoms. The van der Waals surface area contributed by atoms with E-state index in [-0.39, 0.29) is 5.91 Å². The molecule has 1 aromatic carbocycles. The molecule has 0 bridgehead atoms. The molecule has 0 spiro atoms. The third kappa shape index (κ3) is 2.03. The van der Waals surface area contributed by atoms with Crippen LogP contribution < -0.4 is 4.74 Å². The molecule has 0 radical (unpaired) electrons. The first-order chi connectivity index (χ1) is 8.08. The normalized spacial score (nSPS) is 23.9. The van der Waals surface area contributed by atoms with E-state index >= 15 is 0 Å². The van der Waals surface area contributed by atoms with Gasteiger partial charge in [0.05, 0.1) is 7.11 Å². The predicted octanol–water partition coefficient (Wildman–Crippen LogP) is 1.52. The highest BCUT2D eigenvalue weighted by Crippen LogP contribution is 2.39. The summed E-state index contributed by atoms with van der Waals surface area (Å²) < 4.78 is 5.04. The van der Waals surface area contributed by atoms with Crippen LogP contribution in [0.1, 0.15) is 5.56 Å². The third-order valence-electron chi connectivity index (χ3n) is 2.61. The molecule has 1 atom stereocenters. The van der Waals surface area contributed by atoms with Crippen LogP contribution in [-0.4, -0.2) is 30.1 Å². The number of ether oxygens (including phenoxy) is 1. The molecule has 0 aliphatic carbocycles. The molecule has 0 saturated carbocycles. The molecule has 1 aliphatic rings. The van der Waals surface area contributed by atoms with Crippen molar-refractivity contribution >= 4 is 17.7 Å². The lowest BCUT2D eigenvalue weighted by atomic mass is 10.1. The molecule has 17 heavy (non-hydrogen) atoms. The maximum Gasteiger partial charge on any atom is 0.274 e. The topological polar surface area (TPSA) is 49.8 Å². The van der Waals surface area contributed by atoms with Gasteiger partial charge < -0.3 is 14.7 Å². The summed E-state index contributed by atoms with van der Waals surface area (Å²) in [5.41, 5.74) is 0.546. The number of carbonyl (C=O) groups excluding carboxylic acids is 1. The standard InChI is InChI=1S/C12H13NO3S/c1-13-7-8-17-12(15,11(13)14)9-3-5-10(16-2)6-4-9/h3-8,15H,1-2H3. The zero-order valence-electron chi connectivity index (χ0n) is 9.58. The van der Waals surface area contributed by atoms with E-state index in [0.29, 0.717) is 11.3 Å². The largest absolute Gasteiger partial charge is 0.497 e. The van der Waals surface area contributed by atoms with Gasteiger partial charge in [0.25, 0.3) is 5.91 Å². The molecule has 90 valence electrons. The number of likely N-dealkylation sites (N-methyl/N-ethyl adjacent to an activating group) is 1. The van der Waals surface area contributed by atoms with E-state index in [0.717, 1.165) is 11.8 Å². The molecule has 1 unspecified atom stereocenters. The first kappa shape index (κ1) is 12.0. The number of methoxy groups -OCH3 is 1. The quantitative estimate of drug-likeness (QED) is 0.865. The van der Waals surface area contributed by atoms with Gasteiger partial charge in [0.1, 0.15) is 5.75 Å². The van der Waals surface area contributed by atoms with Crippen molar-refractivity contribution in [1.29, 1.82) is 0 Å². The Bertz CT molecular complexity index is 457. The van der Waals surface area contributed by atoms with Gasteiger partial charge in [0.2, 0.25) is 4.93 Å². The van der Waals surface area contributed by atoms with Crippen LogP contribution >= 0.6 is 11.8 Å². The number of thioether (sulfide) groups is 1. The van der Waals surface area contributed by atoms with Gasteiger partial charge in [0, 0.05) is 18.8 Å². The summed E-state index contributed by atoms with van der Waals surface area (Å²) in [7, 11) is 3.19. The number of benzene rings is 1. The Hall–Kier alpha value is -1.46. The number of nitrogens with zero attached hydrogens (tertiary/aromatic N) is 1. The second-order valence-electron chi connectivity index (χ2n) is 3.69. The molecule has 1 amide bonds. The van der Waals surface area contributed by atoms with E-state index in [1.54, 1.807) is 50.0 Å². The molecular formula is C12H13NO3S. The SMILES string of the molecule is COc1ccc(C2(O)SC=CN(C)C2=O)cc1. The number of rotatable bonds is 2. The lowest BCUT2D eigenvalue weighted by Gasteiger charge is -2.31. The molecule has 0 aromatic heterocycles. The second-order valence-corrected chi connectivity index (χ2v) is 4.79.